The molecule has 0 N–H and O–H groups in total. The van der Waals surface area contributed by atoms with Crippen molar-refractivity contribution >= 4 is 23.2 Å². The van der Waals surface area contributed by atoms with E-state index in [1.165, 1.54) is 12.1 Å². The van der Waals surface area contributed by atoms with Crippen LogP contribution in [0.1, 0.15) is 11.1 Å². The second-order valence-electron chi connectivity index (χ2n) is 2.92. The maximum absolute atomic E-state index is 12.0. The first-order chi connectivity index (χ1) is 6.83. The van der Waals surface area contributed by atoms with Crippen LogP contribution in [0.15, 0.2) is 12.1 Å². The molecule has 15 heavy (non-hydrogen) atoms. The van der Waals surface area contributed by atoms with Crippen LogP contribution in [0.5, 0.6) is 5.75 Å². The van der Waals surface area contributed by atoms with Gasteiger partial charge in [0.2, 0.25) is 0 Å². The maximum Gasteiger partial charge on any atom is 0.573 e. The van der Waals surface area contributed by atoms with E-state index in [9.17, 15) is 13.2 Å². The third-order valence-corrected chi connectivity index (χ3v) is 2.20. The molecule has 0 aromatic heterocycles. The second-order valence-corrected chi connectivity index (χ2v) is 3.59. The molecule has 0 bridgehead atoms. The highest BCUT2D eigenvalue weighted by atomic mass is 35.5. The number of ether oxygens (including phenoxy) is 1. The molecule has 1 rings (SSSR count). The number of alkyl halides is 4. The van der Waals surface area contributed by atoms with E-state index in [1.54, 1.807) is 6.92 Å². The molecule has 0 heterocycles. The van der Waals surface area contributed by atoms with E-state index in [-0.39, 0.29) is 16.5 Å². The Hall–Kier alpha value is -0.610. The van der Waals surface area contributed by atoms with Gasteiger partial charge < -0.3 is 4.74 Å². The lowest BCUT2D eigenvalue weighted by atomic mass is 10.1. The summed E-state index contributed by atoms with van der Waals surface area (Å²) in [5.74, 6) is -0.517. The van der Waals surface area contributed by atoms with Crippen molar-refractivity contribution in [2.24, 2.45) is 0 Å². The summed E-state index contributed by atoms with van der Waals surface area (Å²) in [6.07, 6.45) is -4.76. The van der Waals surface area contributed by atoms with Gasteiger partial charge in [-0.1, -0.05) is 17.7 Å². The Bertz CT molecular complexity index is 363. The fourth-order valence-corrected chi connectivity index (χ4v) is 1.66. The average Bonchev–Trinajstić information content (AvgIpc) is 2.07. The first-order valence-electron chi connectivity index (χ1n) is 3.94. The minimum atomic E-state index is -4.76. The molecule has 0 atom stereocenters. The maximum atomic E-state index is 12.0. The molecule has 0 unspecified atom stereocenters. The largest absolute Gasteiger partial charge is 0.573 e. The Morgan fingerprint density at radius 2 is 1.93 bits per heavy atom. The first-order valence-corrected chi connectivity index (χ1v) is 4.85. The SMILES string of the molecule is Cc1cc(Cl)c(OC(F)(F)F)c(CCl)c1. The van der Waals surface area contributed by atoms with Crippen LogP contribution in [0.3, 0.4) is 0 Å². The number of rotatable bonds is 2. The predicted molar refractivity (Wildman–Crippen MR) is 52.4 cm³/mol. The van der Waals surface area contributed by atoms with Crippen molar-refractivity contribution in [3.8, 4) is 5.75 Å². The van der Waals surface area contributed by atoms with E-state index in [0.717, 1.165) is 5.56 Å². The normalized spacial score (nSPS) is 11.6. The average molecular weight is 259 g/mol. The second kappa shape index (κ2) is 4.49. The van der Waals surface area contributed by atoms with Crippen molar-refractivity contribution in [2.45, 2.75) is 19.2 Å². The Morgan fingerprint density at radius 1 is 1.33 bits per heavy atom. The highest BCUT2D eigenvalue weighted by molar-refractivity contribution is 6.32. The van der Waals surface area contributed by atoms with Crippen molar-refractivity contribution in [3.05, 3.63) is 28.3 Å². The molecule has 1 aromatic rings. The summed E-state index contributed by atoms with van der Waals surface area (Å²) in [7, 11) is 0. The van der Waals surface area contributed by atoms with Gasteiger partial charge in [0.05, 0.1) is 10.9 Å². The first kappa shape index (κ1) is 12.5. The fraction of sp³-hybridized carbons (Fsp3) is 0.333. The van der Waals surface area contributed by atoms with Crippen LogP contribution >= 0.6 is 23.2 Å². The molecule has 0 aliphatic rings. The van der Waals surface area contributed by atoms with Crippen LogP contribution in [-0.2, 0) is 5.88 Å². The number of hydrogen-bond donors (Lipinski definition) is 0. The van der Waals surface area contributed by atoms with Gasteiger partial charge in [-0.15, -0.1) is 24.8 Å². The number of halogens is 5. The van der Waals surface area contributed by atoms with Gasteiger partial charge in [0.15, 0.2) is 5.75 Å². The molecule has 0 aliphatic carbocycles. The van der Waals surface area contributed by atoms with Gasteiger partial charge in [0.1, 0.15) is 0 Å². The molecular formula is C9H7Cl2F3O. The van der Waals surface area contributed by atoms with Crippen LogP contribution in [0, 0.1) is 6.92 Å². The van der Waals surface area contributed by atoms with Gasteiger partial charge >= 0.3 is 6.36 Å². The Kier molecular flexibility index (Phi) is 3.73. The van der Waals surface area contributed by atoms with E-state index in [0.29, 0.717) is 0 Å². The van der Waals surface area contributed by atoms with Gasteiger partial charge in [-0.2, -0.15) is 0 Å². The summed E-state index contributed by atoms with van der Waals surface area (Å²) in [6.45, 7) is 1.71. The highest BCUT2D eigenvalue weighted by Crippen LogP contribution is 2.35. The molecule has 0 spiro atoms. The van der Waals surface area contributed by atoms with E-state index >= 15 is 0 Å². The molecule has 0 amide bonds. The lowest BCUT2D eigenvalue weighted by Crippen LogP contribution is -2.18. The molecule has 0 radical (unpaired) electrons. The van der Waals surface area contributed by atoms with Crippen molar-refractivity contribution in [1.82, 2.24) is 0 Å². The third kappa shape index (κ3) is 3.47. The van der Waals surface area contributed by atoms with E-state index < -0.39 is 12.1 Å². The van der Waals surface area contributed by atoms with Crippen molar-refractivity contribution in [2.75, 3.05) is 0 Å². The lowest BCUT2D eigenvalue weighted by Gasteiger charge is -2.14. The van der Waals surface area contributed by atoms with Gasteiger partial charge in [0, 0.05) is 5.56 Å². The molecule has 0 fully saturated rings. The van der Waals surface area contributed by atoms with Gasteiger partial charge in [-0.3, -0.25) is 0 Å². The molecule has 0 aliphatic heterocycles. The standard InChI is InChI=1S/C9H7Cl2F3O/c1-5-2-6(4-10)8(7(11)3-5)15-9(12,13)14/h2-3H,4H2,1H3. The lowest BCUT2D eigenvalue weighted by molar-refractivity contribution is -0.274. The van der Waals surface area contributed by atoms with Crippen molar-refractivity contribution < 1.29 is 17.9 Å². The topological polar surface area (TPSA) is 9.23 Å². The number of hydrogen-bond acceptors (Lipinski definition) is 1. The fourth-order valence-electron chi connectivity index (χ4n) is 1.13. The summed E-state index contributed by atoms with van der Waals surface area (Å²) in [4.78, 5) is 0. The molecule has 0 saturated heterocycles. The van der Waals surface area contributed by atoms with E-state index in [1.807, 2.05) is 0 Å². The molecule has 1 aromatic carbocycles. The molecule has 84 valence electrons. The summed E-state index contributed by atoms with van der Waals surface area (Å²) in [6, 6.07) is 2.89. The molecule has 0 saturated carbocycles. The van der Waals surface area contributed by atoms with Crippen LogP contribution in [-0.4, -0.2) is 6.36 Å². The summed E-state index contributed by atoms with van der Waals surface area (Å²) < 4.78 is 39.8. The van der Waals surface area contributed by atoms with Crippen LogP contribution in [0.4, 0.5) is 13.2 Å². The minimum Gasteiger partial charge on any atom is -0.404 e. The number of benzene rings is 1. The zero-order valence-electron chi connectivity index (χ0n) is 7.66. The Morgan fingerprint density at radius 3 is 2.40 bits per heavy atom. The Balaban J connectivity index is 3.15. The zero-order chi connectivity index (χ0) is 11.6. The van der Waals surface area contributed by atoms with Crippen molar-refractivity contribution in [1.29, 1.82) is 0 Å². The van der Waals surface area contributed by atoms with Crippen molar-refractivity contribution in [3.63, 3.8) is 0 Å². The molecule has 6 heteroatoms. The van der Waals surface area contributed by atoms with Crippen LogP contribution in [0.25, 0.3) is 0 Å². The summed E-state index contributed by atoms with van der Waals surface area (Å²) >= 11 is 11.1. The predicted octanol–water partition coefficient (Wildman–Crippen LogP) is 4.29. The third-order valence-electron chi connectivity index (χ3n) is 1.63. The quantitative estimate of drug-likeness (QED) is 0.720. The Labute approximate surface area is 94.7 Å². The van der Waals surface area contributed by atoms with E-state index in [4.69, 9.17) is 23.2 Å². The van der Waals surface area contributed by atoms with Gasteiger partial charge in [-0.25, -0.2) is 0 Å². The monoisotopic (exact) mass is 258 g/mol. The summed E-state index contributed by atoms with van der Waals surface area (Å²) in [5.41, 5.74) is 0.948. The zero-order valence-corrected chi connectivity index (χ0v) is 9.17. The molecule has 1 nitrogen and oxygen atoms in total. The minimum absolute atomic E-state index is 0.0905. The smallest absolute Gasteiger partial charge is 0.404 e. The molecular weight excluding hydrogens is 252 g/mol. The van der Waals surface area contributed by atoms with Gasteiger partial charge in [-0.05, 0) is 18.6 Å². The van der Waals surface area contributed by atoms with Crippen LogP contribution in [0.2, 0.25) is 5.02 Å². The number of aryl methyl sites for hydroxylation is 1. The van der Waals surface area contributed by atoms with Crippen LogP contribution < -0.4 is 4.74 Å². The van der Waals surface area contributed by atoms with E-state index in [2.05, 4.69) is 4.74 Å². The summed E-state index contributed by atoms with van der Waals surface area (Å²) in [5, 5.41) is -0.0945. The highest BCUT2D eigenvalue weighted by Gasteiger charge is 2.33. The van der Waals surface area contributed by atoms with Gasteiger partial charge in [0.25, 0.3) is 0 Å².